The molecule has 0 aliphatic rings. The molecule has 0 amide bonds. The first-order chi connectivity index (χ1) is 9.01. The van der Waals surface area contributed by atoms with Gasteiger partial charge in [0.05, 0.1) is 5.69 Å². The van der Waals surface area contributed by atoms with Gasteiger partial charge in [0.1, 0.15) is 23.2 Å². The van der Waals surface area contributed by atoms with E-state index in [1.807, 2.05) is 6.07 Å². The molecule has 1 aromatic carbocycles. The summed E-state index contributed by atoms with van der Waals surface area (Å²) < 4.78 is 19.2. The monoisotopic (exact) mass is 321 g/mol. The molecular weight excluding hydrogens is 313 g/mol. The van der Waals surface area contributed by atoms with Crippen molar-refractivity contribution in [3.05, 3.63) is 45.3 Å². The SMILES string of the molecule is Cc1nnc(Oc2cc(F)cc(Br)c2)c(C#N)c1C. The predicted octanol–water partition coefficient (Wildman–Crippen LogP) is 3.66. The van der Waals surface area contributed by atoms with E-state index in [1.54, 1.807) is 19.9 Å². The molecule has 19 heavy (non-hydrogen) atoms. The molecule has 6 heteroatoms. The number of aromatic nitrogens is 2. The summed E-state index contributed by atoms with van der Waals surface area (Å²) in [4.78, 5) is 0. The number of nitrogens with zero attached hydrogens (tertiary/aromatic N) is 3. The fourth-order valence-electron chi connectivity index (χ4n) is 1.49. The van der Waals surface area contributed by atoms with Crippen LogP contribution in [0.3, 0.4) is 0 Å². The molecule has 0 atom stereocenters. The van der Waals surface area contributed by atoms with Crippen LogP contribution in [0, 0.1) is 31.0 Å². The molecular formula is C13H9BrFN3O. The fourth-order valence-corrected chi connectivity index (χ4v) is 1.93. The van der Waals surface area contributed by atoms with Crippen molar-refractivity contribution in [3.8, 4) is 17.7 Å². The third-order valence-electron chi connectivity index (χ3n) is 2.58. The van der Waals surface area contributed by atoms with E-state index in [4.69, 9.17) is 10.00 Å². The van der Waals surface area contributed by atoms with Gasteiger partial charge in [0.25, 0.3) is 5.88 Å². The topological polar surface area (TPSA) is 58.8 Å². The Balaban J connectivity index is 2.44. The number of benzene rings is 1. The minimum absolute atomic E-state index is 0.0723. The highest BCUT2D eigenvalue weighted by atomic mass is 79.9. The van der Waals surface area contributed by atoms with Crippen LogP contribution in [0.2, 0.25) is 0 Å². The average Bonchev–Trinajstić information content (AvgIpc) is 2.33. The van der Waals surface area contributed by atoms with Gasteiger partial charge in [-0.05, 0) is 31.5 Å². The van der Waals surface area contributed by atoms with Crippen molar-refractivity contribution in [2.45, 2.75) is 13.8 Å². The summed E-state index contributed by atoms with van der Waals surface area (Å²) in [6.45, 7) is 3.52. The van der Waals surface area contributed by atoms with Crippen LogP contribution in [0.5, 0.6) is 11.6 Å². The Bertz CT molecular complexity index is 662. The average molecular weight is 322 g/mol. The molecule has 0 fully saturated rings. The lowest BCUT2D eigenvalue weighted by molar-refractivity contribution is 0.447. The summed E-state index contributed by atoms with van der Waals surface area (Å²) in [6, 6.07) is 6.13. The lowest BCUT2D eigenvalue weighted by Gasteiger charge is -2.08. The van der Waals surface area contributed by atoms with Gasteiger partial charge in [0, 0.05) is 10.5 Å². The van der Waals surface area contributed by atoms with Crippen LogP contribution in [0.1, 0.15) is 16.8 Å². The van der Waals surface area contributed by atoms with E-state index in [9.17, 15) is 4.39 Å². The lowest BCUT2D eigenvalue weighted by Crippen LogP contribution is -2.00. The fraction of sp³-hybridized carbons (Fsp3) is 0.154. The van der Waals surface area contributed by atoms with Gasteiger partial charge in [-0.25, -0.2) is 4.39 Å². The largest absolute Gasteiger partial charge is 0.436 e. The maximum absolute atomic E-state index is 13.2. The molecule has 0 bridgehead atoms. The second-order valence-corrected chi connectivity index (χ2v) is 4.83. The number of aryl methyl sites for hydroxylation is 1. The molecule has 2 aromatic rings. The van der Waals surface area contributed by atoms with Crippen LogP contribution < -0.4 is 4.74 Å². The summed E-state index contributed by atoms with van der Waals surface area (Å²) in [5.41, 5.74) is 1.65. The second kappa shape index (κ2) is 5.33. The number of ether oxygens (including phenoxy) is 1. The quantitative estimate of drug-likeness (QED) is 0.847. The summed E-state index contributed by atoms with van der Waals surface area (Å²) in [5, 5.41) is 16.9. The lowest BCUT2D eigenvalue weighted by atomic mass is 10.1. The van der Waals surface area contributed by atoms with Crippen molar-refractivity contribution in [2.75, 3.05) is 0 Å². The molecule has 2 rings (SSSR count). The van der Waals surface area contributed by atoms with E-state index in [-0.39, 0.29) is 11.6 Å². The van der Waals surface area contributed by atoms with Crippen LogP contribution in [-0.4, -0.2) is 10.2 Å². The van der Waals surface area contributed by atoms with Crippen molar-refractivity contribution in [2.24, 2.45) is 0 Å². The van der Waals surface area contributed by atoms with Gasteiger partial charge in [0.15, 0.2) is 0 Å². The van der Waals surface area contributed by atoms with Gasteiger partial charge in [-0.1, -0.05) is 15.9 Å². The van der Waals surface area contributed by atoms with Crippen molar-refractivity contribution in [1.29, 1.82) is 5.26 Å². The molecule has 1 heterocycles. The zero-order valence-electron chi connectivity index (χ0n) is 10.2. The van der Waals surface area contributed by atoms with Gasteiger partial charge in [-0.3, -0.25) is 0 Å². The van der Waals surface area contributed by atoms with E-state index >= 15 is 0 Å². The normalized spacial score (nSPS) is 10.1. The predicted molar refractivity (Wildman–Crippen MR) is 70.4 cm³/mol. The van der Waals surface area contributed by atoms with Crippen molar-refractivity contribution in [3.63, 3.8) is 0 Å². The molecule has 96 valence electrons. The van der Waals surface area contributed by atoms with Crippen LogP contribution in [0.25, 0.3) is 0 Å². The molecule has 0 aliphatic heterocycles. The maximum Gasteiger partial charge on any atom is 0.257 e. The van der Waals surface area contributed by atoms with E-state index < -0.39 is 5.82 Å². The molecule has 0 saturated carbocycles. The number of halogens is 2. The smallest absolute Gasteiger partial charge is 0.257 e. The second-order valence-electron chi connectivity index (χ2n) is 3.91. The zero-order valence-corrected chi connectivity index (χ0v) is 11.8. The molecule has 0 spiro atoms. The summed E-state index contributed by atoms with van der Waals surface area (Å²) >= 11 is 3.17. The maximum atomic E-state index is 13.2. The van der Waals surface area contributed by atoms with E-state index in [0.29, 0.717) is 21.3 Å². The highest BCUT2D eigenvalue weighted by molar-refractivity contribution is 9.10. The first kappa shape index (κ1) is 13.4. The first-order valence-electron chi connectivity index (χ1n) is 5.39. The standard InChI is InChI=1S/C13H9BrFN3O/c1-7-8(2)17-18-13(12(7)6-16)19-11-4-9(14)3-10(15)5-11/h3-5H,1-2H3. The summed E-state index contributed by atoms with van der Waals surface area (Å²) in [7, 11) is 0. The molecule has 0 unspecified atom stereocenters. The molecule has 0 radical (unpaired) electrons. The summed E-state index contributed by atoms with van der Waals surface area (Å²) in [5.74, 6) is -0.122. The Morgan fingerprint density at radius 3 is 2.63 bits per heavy atom. The van der Waals surface area contributed by atoms with E-state index in [0.717, 1.165) is 0 Å². The Morgan fingerprint density at radius 1 is 1.26 bits per heavy atom. The van der Waals surface area contributed by atoms with Crippen LogP contribution in [0.15, 0.2) is 22.7 Å². The van der Waals surface area contributed by atoms with E-state index in [1.165, 1.54) is 12.1 Å². The Labute approximate surface area is 118 Å². The third kappa shape index (κ3) is 2.88. The van der Waals surface area contributed by atoms with Gasteiger partial charge in [-0.15, -0.1) is 5.10 Å². The highest BCUT2D eigenvalue weighted by Gasteiger charge is 2.13. The van der Waals surface area contributed by atoms with Crippen molar-refractivity contribution >= 4 is 15.9 Å². The Morgan fingerprint density at radius 2 is 2.00 bits per heavy atom. The van der Waals surface area contributed by atoms with Gasteiger partial charge in [0.2, 0.25) is 0 Å². The van der Waals surface area contributed by atoms with Crippen LogP contribution >= 0.6 is 15.9 Å². The Hall–Kier alpha value is -2.00. The van der Waals surface area contributed by atoms with Crippen LogP contribution in [0.4, 0.5) is 4.39 Å². The highest BCUT2D eigenvalue weighted by Crippen LogP contribution is 2.28. The minimum atomic E-state index is -0.445. The van der Waals surface area contributed by atoms with Crippen molar-refractivity contribution in [1.82, 2.24) is 10.2 Å². The Kier molecular flexibility index (Phi) is 3.76. The molecule has 1 aromatic heterocycles. The molecule has 0 saturated heterocycles. The van der Waals surface area contributed by atoms with Gasteiger partial charge >= 0.3 is 0 Å². The van der Waals surface area contributed by atoms with Crippen molar-refractivity contribution < 1.29 is 9.13 Å². The number of hydrogen-bond acceptors (Lipinski definition) is 4. The minimum Gasteiger partial charge on any atom is -0.436 e. The number of nitriles is 1. The molecule has 0 N–H and O–H groups in total. The number of hydrogen-bond donors (Lipinski definition) is 0. The molecule has 0 aliphatic carbocycles. The van der Waals surface area contributed by atoms with Gasteiger partial charge < -0.3 is 4.74 Å². The van der Waals surface area contributed by atoms with E-state index in [2.05, 4.69) is 26.1 Å². The van der Waals surface area contributed by atoms with Gasteiger partial charge in [-0.2, -0.15) is 10.4 Å². The summed E-state index contributed by atoms with van der Waals surface area (Å²) in [6.07, 6.45) is 0. The molecule has 4 nitrogen and oxygen atoms in total. The third-order valence-corrected chi connectivity index (χ3v) is 3.04. The van der Waals surface area contributed by atoms with Crippen LogP contribution in [-0.2, 0) is 0 Å². The zero-order chi connectivity index (χ0) is 14.0. The first-order valence-corrected chi connectivity index (χ1v) is 6.18. The number of rotatable bonds is 2.